The van der Waals surface area contributed by atoms with Gasteiger partial charge >= 0.3 is 5.97 Å². The van der Waals surface area contributed by atoms with Crippen LogP contribution in [0.25, 0.3) is 0 Å². The van der Waals surface area contributed by atoms with Crippen molar-refractivity contribution >= 4 is 16.9 Å². The molecule has 2 aromatic rings. The summed E-state index contributed by atoms with van der Waals surface area (Å²) in [6.45, 7) is 4.31. The number of benzene rings is 2. The van der Waals surface area contributed by atoms with E-state index in [-0.39, 0.29) is 16.8 Å². The first-order chi connectivity index (χ1) is 17.5. The van der Waals surface area contributed by atoms with Crippen LogP contribution in [0.2, 0.25) is 0 Å². The lowest BCUT2D eigenvalue weighted by Crippen LogP contribution is -2.50. The number of esters is 1. The highest BCUT2D eigenvalue weighted by atomic mass is 32.2. The summed E-state index contributed by atoms with van der Waals surface area (Å²) in [6, 6.07) is 16.2. The molecule has 196 valence electrons. The summed E-state index contributed by atoms with van der Waals surface area (Å²) in [6.07, 6.45) is 12.3. The lowest BCUT2D eigenvalue weighted by molar-refractivity contribution is -0.175. The van der Waals surface area contributed by atoms with Gasteiger partial charge in [-0.25, -0.2) is 4.79 Å². The largest absolute Gasteiger partial charge is 0.497 e. The quantitative estimate of drug-likeness (QED) is 0.257. The third-order valence-electron chi connectivity index (χ3n) is 8.46. The molecule has 2 aliphatic rings. The molecule has 1 unspecified atom stereocenters. The summed E-state index contributed by atoms with van der Waals surface area (Å²) < 4.78 is 17.5. The summed E-state index contributed by atoms with van der Waals surface area (Å²) in [7, 11) is 2.88. The van der Waals surface area contributed by atoms with Crippen LogP contribution in [0.1, 0.15) is 78.1 Å². The van der Waals surface area contributed by atoms with Crippen LogP contribution in [0.15, 0.2) is 58.3 Å². The van der Waals surface area contributed by atoms with Crippen molar-refractivity contribution in [2.45, 2.75) is 98.7 Å². The van der Waals surface area contributed by atoms with Crippen molar-refractivity contribution in [2.24, 2.45) is 11.8 Å². The van der Waals surface area contributed by atoms with E-state index in [1.54, 1.807) is 14.2 Å². The SMILES string of the molecule is COc1ccc([S+](c2ccc(OC)cc2)C(C)C(=O)OC(C)(C2CCCCC2)C2CCCCC2)cc1. The van der Waals surface area contributed by atoms with E-state index in [0.717, 1.165) is 21.3 Å². The van der Waals surface area contributed by atoms with Gasteiger partial charge in [0.1, 0.15) is 17.1 Å². The van der Waals surface area contributed by atoms with Crippen LogP contribution in [0.4, 0.5) is 0 Å². The Bertz CT molecular complexity index is 894. The van der Waals surface area contributed by atoms with E-state index in [9.17, 15) is 4.79 Å². The van der Waals surface area contributed by atoms with Crippen LogP contribution in [-0.4, -0.2) is 31.0 Å². The molecule has 2 saturated carbocycles. The van der Waals surface area contributed by atoms with Crippen LogP contribution in [0.5, 0.6) is 11.5 Å². The molecular weight excluding hydrogens is 468 g/mol. The Morgan fingerprint density at radius 1 is 0.750 bits per heavy atom. The molecule has 0 N–H and O–H groups in total. The van der Waals surface area contributed by atoms with Gasteiger partial charge in [0.15, 0.2) is 9.79 Å². The minimum Gasteiger partial charge on any atom is -0.497 e. The van der Waals surface area contributed by atoms with Crippen molar-refractivity contribution in [3.63, 3.8) is 0 Å². The summed E-state index contributed by atoms with van der Waals surface area (Å²) in [5, 5.41) is -0.293. The molecule has 0 spiro atoms. The average Bonchev–Trinajstić information content (AvgIpc) is 2.94. The van der Waals surface area contributed by atoms with E-state index in [1.165, 1.54) is 64.2 Å². The molecule has 0 amide bonds. The molecule has 1 atom stereocenters. The second-order valence-electron chi connectivity index (χ2n) is 10.6. The molecule has 0 radical (unpaired) electrons. The van der Waals surface area contributed by atoms with Gasteiger partial charge in [0.2, 0.25) is 5.25 Å². The summed E-state index contributed by atoms with van der Waals surface area (Å²) >= 11 is 0. The van der Waals surface area contributed by atoms with Gasteiger partial charge in [-0.1, -0.05) is 38.5 Å². The number of ether oxygens (including phenoxy) is 3. The second-order valence-corrected chi connectivity index (χ2v) is 12.9. The van der Waals surface area contributed by atoms with Gasteiger partial charge in [0.05, 0.1) is 25.1 Å². The predicted octanol–water partition coefficient (Wildman–Crippen LogP) is 7.59. The van der Waals surface area contributed by atoms with Gasteiger partial charge in [0, 0.05) is 0 Å². The molecule has 0 aromatic heterocycles. The number of hydrogen-bond acceptors (Lipinski definition) is 4. The Morgan fingerprint density at radius 3 is 1.50 bits per heavy atom. The fourth-order valence-electron chi connectivity index (χ4n) is 6.24. The van der Waals surface area contributed by atoms with Gasteiger partial charge in [-0.05, 0) is 99.9 Å². The summed E-state index contributed by atoms with van der Waals surface area (Å²) in [4.78, 5) is 16.2. The molecule has 2 aliphatic carbocycles. The first kappa shape index (κ1) is 26.9. The highest BCUT2D eigenvalue weighted by Gasteiger charge is 2.48. The van der Waals surface area contributed by atoms with E-state index in [0.29, 0.717) is 11.8 Å². The minimum atomic E-state index is -0.477. The van der Waals surface area contributed by atoms with E-state index in [1.807, 2.05) is 31.2 Å². The maximum atomic E-state index is 14.0. The molecule has 4 rings (SSSR count). The van der Waals surface area contributed by atoms with E-state index >= 15 is 0 Å². The van der Waals surface area contributed by atoms with Gasteiger partial charge in [-0.15, -0.1) is 0 Å². The van der Waals surface area contributed by atoms with Crippen molar-refractivity contribution in [2.75, 3.05) is 14.2 Å². The normalized spacial score (nSPS) is 18.6. The zero-order valence-corrected chi connectivity index (χ0v) is 23.3. The maximum absolute atomic E-state index is 14.0. The Balaban J connectivity index is 1.63. The Morgan fingerprint density at radius 2 is 1.14 bits per heavy atom. The van der Waals surface area contributed by atoms with Crippen LogP contribution in [-0.2, 0) is 20.4 Å². The van der Waals surface area contributed by atoms with Gasteiger partial charge in [-0.3, -0.25) is 0 Å². The minimum absolute atomic E-state index is 0.0661. The molecule has 2 fully saturated rings. The first-order valence-electron chi connectivity index (χ1n) is 13.7. The Hall–Kier alpha value is -2.14. The zero-order chi connectivity index (χ0) is 25.5. The van der Waals surface area contributed by atoms with E-state index < -0.39 is 10.9 Å². The first-order valence-corrected chi connectivity index (χ1v) is 15.0. The van der Waals surface area contributed by atoms with E-state index in [4.69, 9.17) is 14.2 Å². The number of methoxy groups -OCH3 is 2. The standard InChI is InChI=1S/C31H43O4S/c1-23(30(32)35-31(2,24-11-7-5-8-12-24)25-13-9-6-10-14-25)36(28-19-15-26(33-3)16-20-28)29-21-17-27(34-4)18-22-29/h15-25H,5-14H2,1-4H3/q+1. The fraction of sp³-hybridized carbons (Fsp3) is 0.581. The third kappa shape index (κ3) is 6.04. The van der Waals surface area contributed by atoms with Crippen molar-refractivity contribution in [1.82, 2.24) is 0 Å². The van der Waals surface area contributed by atoms with Gasteiger partial charge < -0.3 is 14.2 Å². The fourth-order valence-corrected chi connectivity index (χ4v) is 8.42. The average molecular weight is 512 g/mol. The molecule has 36 heavy (non-hydrogen) atoms. The zero-order valence-electron chi connectivity index (χ0n) is 22.5. The van der Waals surface area contributed by atoms with E-state index in [2.05, 4.69) is 31.2 Å². The summed E-state index contributed by atoms with van der Waals surface area (Å²) in [5.41, 5.74) is -0.374. The van der Waals surface area contributed by atoms with Crippen molar-refractivity contribution in [3.8, 4) is 11.5 Å². The van der Waals surface area contributed by atoms with Crippen LogP contribution in [0.3, 0.4) is 0 Å². The molecule has 2 aromatic carbocycles. The van der Waals surface area contributed by atoms with Crippen LogP contribution in [0, 0.1) is 11.8 Å². The topological polar surface area (TPSA) is 44.8 Å². The van der Waals surface area contributed by atoms with Crippen molar-refractivity contribution < 1.29 is 19.0 Å². The number of hydrogen-bond donors (Lipinski definition) is 0. The Kier molecular flexibility index (Phi) is 9.27. The highest BCUT2D eigenvalue weighted by molar-refractivity contribution is 7.98. The van der Waals surface area contributed by atoms with Crippen LogP contribution < -0.4 is 9.47 Å². The third-order valence-corrected chi connectivity index (χ3v) is 10.9. The monoisotopic (exact) mass is 511 g/mol. The van der Waals surface area contributed by atoms with Gasteiger partial charge in [-0.2, -0.15) is 0 Å². The number of carbonyl (C=O) groups excluding carboxylic acids is 1. The smallest absolute Gasteiger partial charge is 0.360 e. The van der Waals surface area contributed by atoms with Gasteiger partial charge in [0.25, 0.3) is 0 Å². The number of carbonyl (C=O) groups is 1. The maximum Gasteiger partial charge on any atom is 0.360 e. The molecule has 0 saturated heterocycles. The second kappa shape index (κ2) is 12.4. The highest BCUT2D eigenvalue weighted by Crippen LogP contribution is 2.45. The van der Waals surface area contributed by atoms with Crippen molar-refractivity contribution in [1.29, 1.82) is 0 Å². The molecule has 0 bridgehead atoms. The van der Waals surface area contributed by atoms with Crippen LogP contribution >= 0.6 is 0 Å². The summed E-state index contributed by atoms with van der Waals surface area (Å²) in [5.74, 6) is 2.50. The molecule has 5 heteroatoms. The Labute approximate surface area is 220 Å². The van der Waals surface area contributed by atoms with Crippen molar-refractivity contribution in [3.05, 3.63) is 48.5 Å². The molecule has 0 aliphatic heterocycles. The lowest BCUT2D eigenvalue weighted by Gasteiger charge is -2.46. The lowest BCUT2D eigenvalue weighted by atomic mass is 9.67. The predicted molar refractivity (Wildman–Crippen MR) is 147 cm³/mol. The number of rotatable bonds is 9. The molecule has 4 nitrogen and oxygen atoms in total. The molecular formula is C31H43O4S+. The molecule has 0 heterocycles.